The first-order valence-electron chi connectivity index (χ1n) is 6.64. The molecule has 0 saturated heterocycles. The number of benzene rings is 1. The summed E-state index contributed by atoms with van der Waals surface area (Å²) < 4.78 is 10.4. The number of ether oxygens (including phenoxy) is 2. The SMILES string of the molecule is COc1cc(OC)cc([C@@H](N)[C@@H](O)CCC(C)C)c1.Cl. The summed E-state index contributed by atoms with van der Waals surface area (Å²) in [5, 5.41) is 10.1. The Kier molecular flexibility index (Phi) is 8.62. The molecule has 0 radical (unpaired) electrons. The first-order valence-corrected chi connectivity index (χ1v) is 6.64. The van der Waals surface area contributed by atoms with Gasteiger partial charge in [-0.25, -0.2) is 0 Å². The molecule has 0 aliphatic heterocycles. The van der Waals surface area contributed by atoms with Crippen molar-refractivity contribution in [1.29, 1.82) is 0 Å². The Morgan fingerprint density at radius 3 is 1.95 bits per heavy atom. The molecule has 0 aromatic heterocycles. The lowest BCUT2D eigenvalue weighted by molar-refractivity contribution is 0.128. The molecule has 0 saturated carbocycles. The Labute approximate surface area is 127 Å². The lowest BCUT2D eigenvalue weighted by atomic mass is 9.96. The van der Waals surface area contributed by atoms with Crippen LogP contribution in [0.5, 0.6) is 11.5 Å². The maximum atomic E-state index is 10.1. The van der Waals surface area contributed by atoms with Crippen LogP contribution in [0.4, 0.5) is 0 Å². The van der Waals surface area contributed by atoms with E-state index in [0.717, 1.165) is 12.0 Å². The van der Waals surface area contributed by atoms with Crippen molar-refractivity contribution >= 4 is 12.4 Å². The molecule has 0 unspecified atom stereocenters. The Bertz CT molecular complexity index is 376. The first-order chi connectivity index (χ1) is 8.97. The molecule has 1 aromatic rings. The number of aliphatic hydroxyl groups is 1. The fourth-order valence-electron chi connectivity index (χ4n) is 1.93. The normalized spacial score (nSPS) is 13.6. The van der Waals surface area contributed by atoms with E-state index < -0.39 is 12.1 Å². The minimum Gasteiger partial charge on any atom is -0.497 e. The summed E-state index contributed by atoms with van der Waals surface area (Å²) in [5.41, 5.74) is 6.94. The van der Waals surface area contributed by atoms with Crippen molar-refractivity contribution in [2.75, 3.05) is 14.2 Å². The molecule has 0 aliphatic rings. The smallest absolute Gasteiger partial charge is 0.122 e. The maximum absolute atomic E-state index is 10.1. The van der Waals surface area contributed by atoms with E-state index in [1.165, 1.54) is 0 Å². The minimum atomic E-state index is -0.556. The molecule has 0 aliphatic carbocycles. The van der Waals surface area contributed by atoms with E-state index in [1.54, 1.807) is 20.3 Å². The van der Waals surface area contributed by atoms with Gasteiger partial charge in [-0.2, -0.15) is 0 Å². The van der Waals surface area contributed by atoms with Crippen molar-refractivity contribution in [2.24, 2.45) is 11.7 Å². The number of hydrogen-bond acceptors (Lipinski definition) is 4. The zero-order valence-electron chi connectivity index (χ0n) is 12.6. The van der Waals surface area contributed by atoms with Crippen molar-refractivity contribution in [2.45, 2.75) is 38.8 Å². The second kappa shape index (κ2) is 9.06. The number of methoxy groups -OCH3 is 2. The summed E-state index contributed by atoms with van der Waals surface area (Å²) in [7, 11) is 3.19. The number of nitrogens with two attached hydrogens (primary N) is 1. The molecule has 0 heterocycles. The van der Waals surface area contributed by atoms with Crippen molar-refractivity contribution in [3.8, 4) is 11.5 Å². The van der Waals surface area contributed by atoms with Gasteiger partial charge >= 0.3 is 0 Å². The zero-order chi connectivity index (χ0) is 14.4. The zero-order valence-corrected chi connectivity index (χ0v) is 13.4. The Balaban J connectivity index is 0.00000361. The van der Waals surface area contributed by atoms with Gasteiger partial charge in [0.25, 0.3) is 0 Å². The lowest BCUT2D eigenvalue weighted by Gasteiger charge is -2.21. The third kappa shape index (κ3) is 5.57. The standard InChI is InChI=1S/C15H25NO3.ClH/c1-10(2)5-6-14(17)15(16)11-7-12(18-3)9-13(8-11)19-4;/h7-10,14-15,17H,5-6,16H2,1-4H3;1H/t14-,15+;/m0./s1. The monoisotopic (exact) mass is 303 g/mol. The molecular formula is C15H26ClNO3. The van der Waals surface area contributed by atoms with Gasteiger partial charge in [0, 0.05) is 6.07 Å². The van der Waals surface area contributed by atoms with Crippen molar-refractivity contribution in [3.63, 3.8) is 0 Å². The summed E-state index contributed by atoms with van der Waals surface area (Å²) in [6.45, 7) is 4.26. The number of aliphatic hydroxyl groups excluding tert-OH is 1. The van der Waals surface area contributed by atoms with E-state index in [9.17, 15) is 5.11 Å². The summed E-state index contributed by atoms with van der Waals surface area (Å²) in [4.78, 5) is 0. The number of halogens is 1. The molecule has 1 aromatic carbocycles. The quantitative estimate of drug-likeness (QED) is 0.813. The van der Waals surface area contributed by atoms with Crippen LogP contribution in [0.1, 0.15) is 38.3 Å². The van der Waals surface area contributed by atoms with Crippen LogP contribution in [-0.4, -0.2) is 25.4 Å². The minimum absolute atomic E-state index is 0. The molecule has 0 spiro atoms. The topological polar surface area (TPSA) is 64.7 Å². The third-order valence-corrected chi connectivity index (χ3v) is 3.21. The van der Waals surface area contributed by atoms with Gasteiger partial charge in [0.2, 0.25) is 0 Å². The second-order valence-corrected chi connectivity index (χ2v) is 5.21. The Morgan fingerprint density at radius 1 is 1.05 bits per heavy atom. The van der Waals surface area contributed by atoms with E-state index in [4.69, 9.17) is 15.2 Å². The van der Waals surface area contributed by atoms with E-state index in [1.807, 2.05) is 12.1 Å². The Morgan fingerprint density at radius 2 is 1.55 bits per heavy atom. The van der Waals surface area contributed by atoms with Gasteiger partial charge in [0.05, 0.1) is 26.4 Å². The maximum Gasteiger partial charge on any atom is 0.122 e. The number of hydrogen-bond donors (Lipinski definition) is 2. The van der Waals surface area contributed by atoms with Crippen LogP contribution in [0.2, 0.25) is 0 Å². The predicted octanol–water partition coefficient (Wildman–Crippen LogP) is 2.92. The predicted molar refractivity (Wildman–Crippen MR) is 83.8 cm³/mol. The van der Waals surface area contributed by atoms with Gasteiger partial charge in [0.15, 0.2) is 0 Å². The van der Waals surface area contributed by atoms with Gasteiger partial charge < -0.3 is 20.3 Å². The molecule has 116 valence electrons. The van der Waals surface area contributed by atoms with Gasteiger partial charge in [-0.3, -0.25) is 0 Å². The summed E-state index contributed by atoms with van der Waals surface area (Å²) in [5.74, 6) is 1.92. The van der Waals surface area contributed by atoms with Crippen molar-refractivity contribution in [3.05, 3.63) is 23.8 Å². The average molecular weight is 304 g/mol. The molecule has 0 bridgehead atoms. The van der Waals surface area contributed by atoms with Crippen LogP contribution in [0.25, 0.3) is 0 Å². The van der Waals surface area contributed by atoms with Crippen molar-refractivity contribution < 1.29 is 14.6 Å². The molecular weight excluding hydrogens is 278 g/mol. The molecule has 1 rings (SSSR count). The summed E-state index contributed by atoms with van der Waals surface area (Å²) >= 11 is 0. The highest BCUT2D eigenvalue weighted by Gasteiger charge is 2.18. The van der Waals surface area contributed by atoms with Crippen LogP contribution in [0.15, 0.2) is 18.2 Å². The van der Waals surface area contributed by atoms with Crippen LogP contribution < -0.4 is 15.2 Å². The average Bonchev–Trinajstić information content (AvgIpc) is 2.42. The largest absolute Gasteiger partial charge is 0.497 e. The highest BCUT2D eigenvalue weighted by Crippen LogP contribution is 2.28. The lowest BCUT2D eigenvalue weighted by Crippen LogP contribution is -2.26. The van der Waals surface area contributed by atoms with E-state index in [2.05, 4.69) is 13.8 Å². The molecule has 0 amide bonds. The fourth-order valence-corrected chi connectivity index (χ4v) is 1.93. The summed E-state index contributed by atoms with van der Waals surface area (Å²) in [6.07, 6.45) is 1.09. The molecule has 3 N–H and O–H groups in total. The molecule has 20 heavy (non-hydrogen) atoms. The highest BCUT2D eigenvalue weighted by atomic mass is 35.5. The molecule has 5 heteroatoms. The van der Waals surface area contributed by atoms with Crippen LogP contribution in [-0.2, 0) is 0 Å². The third-order valence-electron chi connectivity index (χ3n) is 3.21. The number of rotatable bonds is 7. The molecule has 4 nitrogen and oxygen atoms in total. The van der Waals surface area contributed by atoms with E-state index in [-0.39, 0.29) is 12.4 Å². The fraction of sp³-hybridized carbons (Fsp3) is 0.600. The van der Waals surface area contributed by atoms with Gasteiger partial charge in [-0.05, 0) is 36.5 Å². The van der Waals surface area contributed by atoms with E-state index >= 15 is 0 Å². The van der Waals surface area contributed by atoms with Gasteiger partial charge in [-0.1, -0.05) is 13.8 Å². The van der Waals surface area contributed by atoms with Gasteiger partial charge in [0.1, 0.15) is 11.5 Å². The first kappa shape index (κ1) is 19.0. The van der Waals surface area contributed by atoms with Crippen LogP contribution >= 0.6 is 12.4 Å². The highest BCUT2D eigenvalue weighted by molar-refractivity contribution is 5.85. The van der Waals surface area contributed by atoms with Crippen molar-refractivity contribution in [1.82, 2.24) is 0 Å². The van der Waals surface area contributed by atoms with Gasteiger partial charge in [-0.15, -0.1) is 12.4 Å². The van der Waals surface area contributed by atoms with Crippen LogP contribution in [0, 0.1) is 5.92 Å². The molecule has 2 atom stereocenters. The van der Waals surface area contributed by atoms with Crippen LogP contribution in [0.3, 0.4) is 0 Å². The summed E-state index contributed by atoms with van der Waals surface area (Å²) in [6, 6.07) is 5.04. The second-order valence-electron chi connectivity index (χ2n) is 5.21. The van der Waals surface area contributed by atoms with E-state index in [0.29, 0.717) is 23.8 Å². The molecule has 0 fully saturated rings. The Hall–Kier alpha value is -0.970.